The third kappa shape index (κ3) is 4.35. The number of hydrogen-bond acceptors (Lipinski definition) is 6. The number of ether oxygens (including phenoxy) is 1. The van der Waals surface area contributed by atoms with Gasteiger partial charge in [0.1, 0.15) is 11.5 Å². The highest BCUT2D eigenvalue weighted by Crippen LogP contribution is 2.38. The van der Waals surface area contributed by atoms with Crippen LogP contribution >= 0.6 is 0 Å². The number of phenols is 1. The predicted octanol–water partition coefficient (Wildman–Crippen LogP) is 2.84. The number of aromatic hydroxyl groups is 1. The summed E-state index contributed by atoms with van der Waals surface area (Å²) in [5.74, 6) is 0.484. The first-order chi connectivity index (χ1) is 17.0. The third-order valence-corrected chi connectivity index (χ3v) is 6.72. The van der Waals surface area contributed by atoms with Crippen molar-refractivity contribution in [1.82, 2.24) is 25.5 Å². The number of hydrogen-bond donors (Lipinski definition) is 4. The molecule has 0 atom stereocenters. The van der Waals surface area contributed by atoms with E-state index in [4.69, 9.17) is 4.74 Å². The third-order valence-electron chi connectivity index (χ3n) is 6.72. The van der Waals surface area contributed by atoms with E-state index >= 15 is 0 Å². The molecule has 2 aliphatic rings. The Morgan fingerprint density at radius 2 is 1.97 bits per heavy atom. The number of aromatic nitrogens is 2. The van der Waals surface area contributed by atoms with E-state index in [0.29, 0.717) is 47.2 Å². The summed E-state index contributed by atoms with van der Waals surface area (Å²) in [5.41, 5.74) is 4.69. The van der Waals surface area contributed by atoms with E-state index in [9.17, 15) is 14.7 Å². The average Bonchev–Trinajstić information content (AvgIpc) is 3.60. The van der Waals surface area contributed by atoms with Crippen LogP contribution in [0.1, 0.15) is 44.9 Å². The molecule has 0 bridgehead atoms. The summed E-state index contributed by atoms with van der Waals surface area (Å²) < 4.78 is 5.25. The fourth-order valence-corrected chi connectivity index (χ4v) is 4.89. The first kappa shape index (κ1) is 22.9. The highest BCUT2D eigenvalue weighted by molar-refractivity contribution is 6.06. The lowest BCUT2D eigenvalue weighted by Crippen LogP contribution is -2.33. The molecule has 2 amide bonds. The van der Waals surface area contributed by atoms with Gasteiger partial charge in [0.15, 0.2) is 11.5 Å². The second-order valence-electron chi connectivity index (χ2n) is 8.95. The number of amides is 2. The topological polar surface area (TPSA) is 120 Å². The van der Waals surface area contributed by atoms with Crippen LogP contribution in [-0.4, -0.2) is 65.1 Å². The summed E-state index contributed by atoms with van der Waals surface area (Å²) in [6, 6.07) is 8.87. The monoisotopic (exact) mass is 475 g/mol. The molecule has 9 heteroatoms. The van der Waals surface area contributed by atoms with Crippen LogP contribution < -0.4 is 15.4 Å². The summed E-state index contributed by atoms with van der Waals surface area (Å²) in [6.45, 7) is 5.76. The summed E-state index contributed by atoms with van der Waals surface area (Å²) in [5, 5.41) is 15.8. The van der Waals surface area contributed by atoms with Gasteiger partial charge < -0.3 is 30.4 Å². The van der Waals surface area contributed by atoms with Crippen LogP contribution in [0.2, 0.25) is 0 Å². The van der Waals surface area contributed by atoms with Gasteiger partial charge in [0, 0.05) is 30.9 Å². The standard InChI is InChI=1S/C26H29N5O4/c1-15-23(26(34)27-9-12-31-10-3-4-11-31)30-24(29-15)18-7-6-17(19-14-28-25(33)22(18)19)16-5-8-20(32)21(13-16)35-2/h5-8,13,32H,3-4,9-12,14H2,1-2H3,(H,27,34)(H,28,33)(H,29,30). The van der Waals surface area contributed by atoms with Crippen LogP contribution in [0.3, 0.4) is 0 Å². The summed E-state index contributed by atoms with van der Waals surface area (Å²) in [4.78, 5) is 35.7. The maximum atomic E-state index is 12.8. The fraction of sp³-hybridized carbons (Fsp3) is 0.346. The van der Waals surface area contributed by atoms with E-state index in [1.165, 1.54) is 20.0 Å². The molecule has 182 valence electrons. The Bertz CT molecular complexity index is 1290. The molecular weight excluding hydrogens is 446 g/mol. The van der Waals surface area contributed by atoms with Gasteiger partial charge in [0.2, 0.25) is 0 Å². The molecule has 2 aliphatic heterocycles. The molecule has 0 saturated carbocycles. The normalized spacial score (nSPS) is 15.2. The number of carbonyl (C=O) groups is 2. The molecule has 9 nitrogen and oxygen atoms in total. The zero-order valence-corrected chi connectivity index (χ0v) is 19.9. The Balaban J connectivity index is 1.43. The number of phenolic OH excluding ortho intramolecular Hbond substituents is 1. The number of imidazole rings is 1. The SMILES string of the molecule is COc1cc(-c2ccc(-c3nc(C(=O)NCCN4CCCC4)c(C)[nH]3)c3c2CNC3=O)ccc1O. The zero-order valence-electron chi connectivity index (χ0n) is 19.9. The molecule has 5 rings (SSSR count). The Kier molecular flexibility index (Phi) is 6.17. The second-order valence-corrected chi connectivity index (χ2v) is 8.95. The molecule has 1 fully saturated rings. The minimum atomic E-state index is -0.224. The van der Waals surface area contributed by atoms with Crippen LogP contribution in [0.15, 0.2) is 30.3 Å². The quantitative estimate of drug-likeness (QED) is 0.417. The number of aromatic amines is 1. The fourth-order valence-electron chi connectivity index (χ4n) is 4.89. The summed E-state index contributed by atoms with van der Waals surface area (Å²) in [6.07, 6.45) is 2.43. The first-order valence-corrected chi connectivity index (χ1v) is 11.8. The van der Waals surface area contributed by atoms with E-state index in [1.807, 2.05) is 19.1 Å². The number of likely N-dealkylation sites (tertiary alicyclic amines) is 1. The number of benzene rings is 2. The lowest BCUT2D eigenvalue weighted by molar-refractivity contribution is 0.0942. The number of rotatable bonds is 7. The van der Waals surface area contributed by atoms with E-state index in [2.05, 4.69) is 25.5 Å². The number of aryl methyl sites for hydroxylation is 1. The minimum Gasteiger partial charge on any atom is -0.504 e. The van der Waals surface area contributed by atoms with Crippen LogP contribution in [-0.2, 0) is 6.54 Å². The molecule has 2 aromatic carbocycles. The Labute approximate surface area is 203 Å². The Morgan fingerprint density at radius 3 is 2.74 bits per heavy atom. The lowest BCUT2D eigenvalue weighted by atomic mass is 9.93. The van der Waals surface area contributed by atoms with Crippen LogP contribution in [0.25, 0.3) is 22.5 Å². The number of nitrogens with one attached hydrogen (secondary N) is 3. The van der Waals surface area contributed by atoms with Crippen molar-refractivity contribution in [1.29, 1.82) is 0 Å². The van der Waals surface area contributed by atoms with Crippen molar-refractivity contribution in [3.05, 3.63) is 52.8 Å². The average molecular weight is 476 g/mol. The first-order valence-electron chi connectivity index (χ1n) is 11.8. The largest absolute Gasteiger partial charge is 0.504 e. The smallest absolute Gasteiger partial charge is 0.271 e. The molecule has 4 N–H and O–H groups in total. The number of methoxy groups -OCH3 is 1. The highest BCUT2D eigenvalue weighted by atomic mass is 16.5. The van der Waals surface area contributed by atoms with Crippen molar-refractivity contribution < 1.29 is 19.4 Å². The van der Waals surface area contributed by atoms with Crippen molar-refractivity contribution in [3.8, 4) is 34.0 Å². The van der Waals surface area contributed by atoms with Gasteiger partial charge in [-0.05, 0) is 67.7 Å². The summed E-state index contributed by atoms with van der Waals surface area (Å²) in [7, 11) is 1.50. The molecule has 3 aromatic rings. The molecular formula is C26H29N5O4. The number of fused-ring (bicyclic) bond motifs is 1. The van der Waals surface area contributed by atoms with Gasteiger partial charge in [-0.3, -0.25) is 9.59 Å². The van der Waals surface area contributed by atoms with Crippen LogP contribution in [0.4, 0.5) is 0 Å². The number of H-pyrrole nitrogens is 1. The maximum absolute atomic E-state index is 12.8. The Morgan fingerprint density at radius 1 is 1.20 bits per heavy atom. The predicted molar refractivity (Wildman–Crippen MR) is 132 cm³/mol. The van der Waals surface area contributed by atoms with Crippen molar-refractivity contribution in [2.45, 2.75) is 26.3 Å². The van der Waals surface area contributed by atoms with Gasteiger partial charge in [-0.15, -0.1) is 0 Å². The van der Waals surface area contributed by atoms with Crippen molar-refractivity contribution in [2.75, 3.05) is 33.3 Å². The second kappa shape index (κ2) is 9.42. The highest BCUT2D eigenvalue weighted by Gasteiger charge is 2.28. The van der Waals surface area contributed by atoms with Crippen molar-refractivity contribution >= 4 is 11.8 Å². The minimum absolute atomic E-state index is 0.0519. The van der Waals surface area contributed by atoms with Crippen LogP contribution in [0, 0.1) is 6.92 Å². The van der Waals surface area contributed by atoms with Gasteiger partial charge in [-0.1, -0.05) is 12.1 Å². The summed E-state index contributed by atoms with van der Waals surface area (Å²) >= 11 is 0. The van der Waals surface area contributed by atoms with E-state index in [-0.39, 0.29) is 17.6 Å². The van der Waals surface area contributed by atoms with E-state index < -0.39 is 0 Å². The molecule has 35 heavy (non-hydrogen) atoms. The van der Waals surface area contributed by atoms with Gasteiger partial charge in [-0.25, -0.2) is 4.98 Å². The molecule has 3 heterocycles. The van der Waals surface area contributed by atoms with Gasteiger partial charge >= 0.3 is 0 Å². The molecule has 0 aliphatic carbocycles. The zero-order chi connectivity index (χ0) is 24.5. The lowest BCUT2D eigenvalue weighted by Gasteiger charge is -2.14. The van der Waals surface area contributed by atoms with Gasteiger partial charge in [0.25, 0.3) is 11.8 Å². The van der Waals surface area contributed by atoms with E-state index in [1.54, 1.807) is 18.2 Å². The maximum Gasteiger partial charge on any atom is 0.271 e. The van der Waals surface area contributed by atoms with Crippen molar-refractivity contribution in [2.24, 2.45) is 0 Å². The van der Waals surface area contributed by atoms with Crippen molar-refractivity contribution in [3.63, 3.8) is 0 Å². The van der Waals surface area contributed by atoms with Gasteiger partial charge in [-0.2, -0.15) is 0 Å². The molecule has 1 saturated heterocycles. The molecule has 1 aromatic heterocycles. The number of nitrogens with zero attached hydrogens (tertiary/aromatic N) is 2. The molecule has 0 unspecified atom stereocenters. The Hall–Kier alpha value is -3.85. The van der Waals surface area contributed by atoms with E-state index in [0.717, 1.165) is 36.3 Å². The molecule has 0 radical (unpaired) electrons. The van der Waals surface area contributed by atoms with Crippen LogP contribution in [0.5, 0.6) is 11.5 Å². The molecule has 0 spiro atoms. The number of carbonyl (C=O) groups excluding carboxylic acids is 2. The van der Waals surface area contributed by atoms with Gasteiger partial charge in [0.05, 0.1) is 12.7 Å².